The second kappa shape index (κ2) is 3.26. The Balaban J connectivity index is 2.24. The highest BCUT2D eigenvalue weighted by Gasteiger charge is 2.39. The molecule has 13 heavy (non-hydrogen) atoms. The van der Waals surface area contributed by atoms with Crippen LogP contribution in [0.3, 0.4) is 0 Å². The van der Waals surface area contributed by atoms with Crippen molar-refractivity contribution < 1.29 is 9.50 Å². The van der Waals surface area contributed by atoms with Gasteiger partial charge in [-0.3, -0.25) is 0 Å². The maximum Gasteiger partial charge on any atom is 0.296 e. The molecule has 1 saturated heterocycles. The zero-order valence-electron chi connectivity index (χ0n) is 7.51. The zero-order chi connectivity index (χ0) is 9.26. The Bertz CT molecular complexity index is 310. The van der Waals surface area contributed by atoms with E-state index in [9.17, 15) is 4.91 Å². The number of hydrogen-bond donors (Lipinski definition) is 0. The first-order chi connectivity index (χ1) is 6.29. The average Bonchev–Trinajstić information content (AvgIpc) is 2.49. The molecule has 0 radical (unpaired) electrons. The summed E-state index contributed by atoms with van der Waals surface area (Å²) >= 11 is 0. The normalized spacial score (nSPS) is 27.9. The molecule has 1 heterocycles. The van der Waals surface area contributed by atoms with Crippen molar-refractivity contribution in [2.45, 2.75) is 19.1 Å². The van der Waals surface area contributed by atoms with Crippen LogP contribution in [0.25, 0.3) is 0 Å². The summed E-state index contributed by atoms with van der Waals surface area (Å²) in [7, 11) is 0. The molecule has 0 spiro atoms. The maximum absolute atomic E-state index is 11.1. The predicted molar refractivity (Wildman–Crippen MR) is 48.2 cm³/mol. The van der Waals surface area contributed by atoms with Gasteiger partial charge in [-0.15, -0.1) is 0 Å². The van der Waals surface area contributed by atoms with Gasteiger partial charge in [0.2, 0.25) is 6.04 Å². The Morgan fingerprint density at radius 3 is 2.62 bits per heavy atom. The highest BCUT2D eigenvalue weighted by Crippen LogP contribution is 2.27. The van der Waals surface area contributed by atoms with E-state index in [1.807, 2.05) is 37.3 Å². The number of rotatable bonds is 1. The molecule has 1 aliphatic rings. The number of hydrogen-bond acceptors (Lipinski definition) is 2. The molecule has 0 bridgehead atoms. The molecule has 3 heteroatoms. The van der Waals surface area contributed by atoms with E-state index >= 15 is 0 Å². The van der Waals surface area contributed by atoms with Gasteiger partial charge in [-0.2, -0.15) is 0 Å². The molecule has 0 unspecified atom stereocenters. The largest absolute Gasteiger partial charge is 0.305 e. The van der Waals surface area contributed by atoms with E-state index in [0.29, 0.717) is 0 Å². The fourth-order valence-electron chi connectivity index (χ4n) is 1.58. The lowest BCUT2D eigenvalue weighted by atomic mass is 10.0. The fraction of sp³-hybridized carbons (Fsp3) is 0.400. The van der Waals surface area contributed by atoms with Crippen LogP contribution in [0.2, 0.25) is 0 Å². The van der Waals surface area contributed by atoms with Gasteiger partial charge in [0.1, 0.15) is 0 Å². The zero-order valence-corrected chi connectivity index (χ0v) is 7.51. The summed E-state index contributed by atoms with van der Waals surface area (Å²) < 4.78 is 6.35. The lowest BCUT2D eigenvalue weighted by Crippen LogP contribution is -2.17. The van der Waals surface area contributed by atoms with Gasteiger partial charge >= 0.3 is 0 Å². The van der Waals surface area contributed by atoms with Gasteiger partial charge in [-0.1, -0.05) is 30.3 Å². The molecule has 3 nitrogen and oxygen atoms in total. The predicted octanol–water partition coefficient (Wildman–Crippen LogP) is 1.88. The Labute approximate surface area is 76.9 Å². The maximum atomic E-state index is 11.1. The van der Waals surface area contributed by atoms with E-state index < -0.39 is 0 Å². The van der Waals surface area contributed by atoms with Gasteiger partial charge < -0.3 is 4.74 Å². The molecule has 1 fully saturated rings. The first kappa shape index (κ1) is 8.38. The molecular formula is C10H12NO2+. The van der Waals surface area contributed by atoms with Gasteiger partial charge in [0.25, 0.3) is 6.73 Å². The average molecular weight is 178 g/mol. The van der Waals surface area contributed by atoms with Crippen LogP contribution >= 0.6 is 0 Å². The van der Waals surface area contributed by atoms with Gasteiger partial charge in [-0.25, -0.2) is 0 Å². The lowest BCUT2D eigenvalue weighted by Gasteiger charge is -2.07. The smallest absolute Gasteiger partial charge is 0.296 e. The quantitative estimate of drug-likeness (QED) is 0.614. The van der Waals surface area contributed by atoms with Crippen molar-refractivity contribution in [1.29, 1.82) is 0 Å². The Kier molecular flexibility index (Phi) is 2.10. The van der Waals surface area contributed by atoms with Gasteiger partial charge in [0, 0.05) is 16.6 Å². The first-order valence-electron chi connectivity index (χ1n) is 4.39. The summed E-state index contributed by atoms with van der Waals surface area (Å²) in [5.41, 5.74) is 1.08. The lowest BCUT2D eigenvalue weighted by molar-refractivity contribution is -0.575. The van der Waals surface area contributed by atoms with Gasteiger partial charge in [0.05, 0.1) is 0 Å². The van der Waals surface area contributed by atoms with Crippen LogP contribution in [0.4, 0.5) is 0 Å². The second-order valence-electron chi connectivity index (χ2n) is 3.28. The second-order valence-corrected chi connectivity index (χ2v) is 3.28. The number of nitroso groups, excluding NO2 is 1. The number of ether oxygens (including phenoxy) is 1. The molecule has 1 aliphatic heterocycles. The summed E-state index contributed by atoms with van der Waals surface area (Å²) in [6.07, 6.45) is -0.0706. The van der Waals surface area contributed by atoms with Crippen molar-refractivity contribution in [2.75, 3.05) is 6.73 Å². The van der Waals surface area contributed by atoms with Crippen LogP contribution < -0.4 is 0 Å². The van der Waals surface area contributed by atoms with Crippen LogP contribution in [-0.2, 0) is 4.74 Å². The van der Waals surface area contributed by atoms with E-state index in [1.54, 1.807) is 0 Å². The van der Waals surface area contributed by atoms with E-state index in [2.05, 4.69) is 0 Å². The van der Waals surface area contributed by atoms with Crippen molar-refractivity contribution in [3.8, 4) is 0 Å². The fourth-order valence-corrected chi connectivity index (χ4v) is 1.58. The van der Waals surface area contributed by atoms with Gasteiger partial charge in [-0.05, 0) is 5.56 Å². The third kappa shape index (κ3) is 1.47. The minimum Gasteiger partial charge on any atom is -0.305 e. The number of benzene rings is 1. The van der Waals surface area contributed by atoms with Crippen LogP contribution in [0, 0.1) is 4.91 Å². The van der Waals surface area contributed by atoms with E-state index in [-0.39, 0.29) is 18.9 Å². The standard InChI is InChI=1S/C10H12NO2/c1-8-10(13-7-11(8)12)9-5-3-2-4-6-9/h2-6,8,10H,7H2,1H3/q+1/t8-,10-/m0/s1. The summed E-state index contributed by atoms with van der Waals surface area (Å²) in [6.45, 7) is 2.07. The molecule has 1 aromatic carbocycles. The van der Waals surface area contributed by atoms with Crippen molar-refractivity contribution in [3.63, 3.8) is 0 Å². The molecule has 0 aromatic heterocycles. The first-order valence-corrected chi connectivity index (χ1v) is 4.39. The molecular weight excluding hydrogens is 166 g/mol. The van der Waals surface area contributed by atoms with Crippen molar-refractivity contribution in [1.82, 2.24) is 0 Å². The summed E-state index contributed by atoms with van der Waals surface area (Å²) in [4.78, 5) is 11.1. The SMILES string of the molecule is C[C@H]1[C@@H](c2ccccc2)OC[N+]1=O. The molecule has 0 saturated carbocycles. The number of nitrogens with zero attached hydrogens (tertiary/aromatic N) is 1. The van der Waals surface area contributed by atoms with E-state index in [0.717, 1.165) is 10.3 Å². The molecule has 68 valence electrons. The molecule has 1 aromatic rings. The van der Waals surface area contributed by atoms with Crippen LogP contribution in [-0.4, -0.2) is 17.5 Å². The third-order valence-electron chi connectivity index (χ3n) is 2.40. The molecule has 0 aliphatic carbocycles. The Morgan fingerprint density at radius 1 is 1.38 bits per heavy atom. The monoisotopic (exact) mass is 178 g/mol. The third-order valence-corrected chi connectivity index (χ3v) is 2.40. The van der Waals surface area contributed by atoms with Crippen molar-refractivity contribution in [3.05, 3.63) is 40.8 Å². The van der Waals surface area contributed by atoms with Crippen molar-refractivity contribution >= 4 is 0 Å². The van der Waals surface area contributed by atoms with Crippen LogP contribution in [0.15, 0.2) is 30.3 Å². The molecule has 2 rings (SSSR count). The molecule has 0 N–H and O–H groups in total. The highest BCUT2D eigenvalue weighted by atomic mass is 16.5. The van der Waals surface area contributed by atoms with Crippen LogP contribution in [0.5, 0.6) is 0 Å². The van der Waals surface area contributed by atoms with E-state index in [4.69, 9.17) is 4.74 Å². The topological polar surface area (TPSA) is 29.3 Å². The minimum atomic E-state index is -0.0811. The minimum absolute atomic E-state index is 0.0706. The van der Waals surface area contributed by atoms with Gasteiger partial charge in [0.15, 0.2) is 6.10 Å². The van der Waals surface area contributed by atoms with Crippen molar-refractivity contribution in [2.24, 2.45) is 0 Å². The molecule has 2 atom stereocenters. The van der Waals surface area contributed by atoms with E-state index in [1.165, 1.54) is 0 Å². The highest BCUT2D eigenvalue weighted by molar-refractivity contribution is 5.18. The summed E-state index contributed by atoms with van der Waals surface area (Å²) in [5, 5.41) is 0. The Hall–Kier alpha value is -1.22. The summed E-state index contributed by atoms with van der Waals surface area (Å²) in [5.74, 6) is 0. The molecule has 0 amide bonds. The Morgan fingerprint density at radius 2 is 2.08 bits per heavy atom. The van der Waals surface area contributed by atoms with Crippen LogP contribution in [0.1, 0.15) is 18.6 Å². The summed E-state index contributed by atoms with van der Waals surface area (Å²) in [6, 6.07) is 9.76.